The molecular formula is C6H12KNO3. The van der Waals surface area contributed by atoms with Gasteiger partial charge in [0.15, 0.2) is 0 Å². The molecule has 0 aliphatic carbocycles. The number of nitrogens with two attached hydrogens (primary N) is 1. The zero-order chi connectivity index (χ0) is 7.66. The molecule has 0 aromatic carbocycles. The molecule has 0 atom stereocenters. The van der Waals surface area contributed by atoms with Crippen molar-refractivity contribution in [1.29, 1.82) is 0 Å². The fourth-order valence-corrected chi connectivity index (χ4v) is 0.417. The molecule has 0 rings (SSSR count). The van der Waals surface area contributed by atoms with E-state index in [9.17, 15) is 4.79 Å². The van der Waals surface area contributed by atoms with Gasteiger partial charge in [-0.2, -0.15) is 0 Å². The van der Waals surface area contributed by atoms with Crippen molar-refractivity contribution in [3.05, 3.63) is 0 Å². The SMILES string of the molecule is NCCOCCOC[C-]=O.[K+]. The maximum atomic E-state index is 9.58. The van der Waals surface area contributed by atoms with E-state index in [4.69, 9.17) is 15.2 Å². The van der Waals surface area contributed by atoms with Crippen LogP contribution < -0.4 is 57.1 Å². The molecule has 0 aromatic heterocycles. The van der Waals surface area contributed by atoms with E-state index in [1.807, 2.05) is 0 Å². The van der Waals surface area contributed by atoms with Gasteiger partial charge in [-0.15, -0.1) is 0 Å². The van der Waals surface area contributed by atoms with E-state index in [1.54, 1.807) is 6.29 Å². The Morgan fingerprint density at radius 1 is 1.18 bits per heavy atom. The molecule has 0 unspecified atom stereocenters. The predicted octanol–water partition coefficient (Wildman–Crippen LogP) is -3.91. The minimum atomic E-state index is 0. The first-order valence-electron chi connectivity index (χ1n) is 3.12. The molecule has 0 saturated heterocycles. The van der Waals surface area contributed by atoms with E-state index in [2.05, 4.69) is 0 Å². The molecule has 0 aliphatic heterocycles. The van der Waals surface area contributed by atoms with Gasteiger partial charge in [-0.05, 0) is 6.61 Å². The molecule has 0 heterocycles. The van der Waals surface area contributed by atoms with Gasteiger partial charge in [0, 0.05) is 6.54 Å². The molecule has 0 aliphatic rings. The number of carbonyl (C=O) groups excluding carboxylic acids is 1. The summed E-state index contributed by atoms with van der Waals surface area (Å²) in [5, 5.41) is 0. The molecule has 0 saturated carbocycles. The number of hydrogen-bond donors (Lipinski definition) is 1. The average Bonchev–Trinajstić information content (AvgIpc) is 1.97. The molecule has 0 aromatic rings. The van der Waals surface area contributed by atoms with Crippen LogP contribution in [0.25, 0.3) is 0 Å². The van der Waals surface area contributed by atoms with Crippen molar-refractivity contribution in [2.75, 3.05) is 33.0 Å². The minimum absolute atomic E-state index is 0. The Morgan fingerprint density at radius 2 is 1.82 bits per heavy atom. The van der Waals surface area contributed by atoms with Gasteiger partial charge >= 0.3 is 51.4 Å². The van der Waals surface area contributed by atoms with Crippen LogP contribution in [-0.2, 0) is 14.3 Å². The van der Waals surface area contributed by atoms with E-state index in [0.717, 1.165) is 0 Å². The topological polar surface area (TPSA) is 61.6 Å². The number of rotatable bonds is 7. The van der Waals surface area contributed by atoms with Crippen LogP contribution in [0.5, 0.6) is 0 Å². The van der Waals surface area contributed by atoms with Crippen LogP contribution in [0.3, 0.4) is 0 Å². The molecule has 0 fully saturated rings. The summed E-state index contributed by atoms with van der Waals surface area (Å²) in [4.78, 5) is 9.58. The summed E-state index contributed by atoms with van der Waals surface area (Å²) in [5.41, 5.74) is 5.14. The normalized spacial score (nSPS) is 8.82. The van der Waals surface area contributed by atoms with Crippen LogP contribution in [0.4, 0.5) is 0 Å². The van der Waals surface area contributed by atoms with E-state index in [1.165, 1.54) is 0 Å². The molecule has 0 spiro atoms. The van der Waals surface area contributed by atoms with Crippen molar-refractivity contribution in [3.63, 3.8) is 0 Å². The quantitative estimate of drug-likeness (QED) is 0.250. The molecule has 5 heteroatoms. The third-order valence-electron chi connectivity index (χ3n) is 0.795. The Kier molecular flexibility index (Phi) is 18.4. The molecule has 4 nitrogen and oxygen atoms in total. The van der Waals surface area contributed by atoms with Gasteiger partial charge in [0.05, 0.1) is 19.8 Å². The monoisotopic (exact) mass is 185 g/mol. The molecule has 11 heavy (non-hydrogen) atoms. The van der Waals surface area contributed by atoms with Crippen molar-refractivity contribution < 1.29 is 65.7 Å². The van der Waals surface area contributed by atoms with Crippen molar-refractivity contribution in [2.45, 2.75) is 0 Å². The first-order chi connectivity index (χ1) is 4.91. The maximum absolute atomic E-state index is 9.58. The Bertz CT molecular complexity index is 82.2. The second-order valence-corrected chi connectivity index (χ2v) is 1.60. The smallest absolute Gasteiger partial charge is 0.540 e. The third-order valence-corrected chi connectivity index (χ3v) is 0.795. The molecule has 0 bridgehead atoms. The summed E-state index contributed by atoms with van der Waals surface area (Å²) in [5.74, 6) is 0. The summed E-state index contributed by atoms with van der Waals surface area (Å²) >= 11 is 0. The molecule has 0 amide bonds. The van der Waals surface area contributed by atoms with Crippen molar-refractivity contribution in [2.24, 2.45) is 5.73 Å². The van der Waals surface area contributed by atoms with Crippen LogP contribution in [0.1, 0.15) is 0 Å². The van der Waals surface area contributed by atoms with Gasteiger partial charge in [0.25, 0.3) is 0 Å². The average molecular weight is 185 g/mol. The summed E-state index contributed by atoms with van der Waals surface area (Å²) in [7, 11) is 0. The van der Waals surface area contributed by atoms with Crippen LogP contribution in [-0.4, -0.2) is 39.3 Å². The van der Waals surface area contributed by atoms with Gasteiger partial charge in [-0.1, -0.05) is 0 Å². The molecule has 2 N–H and O–H groups in total. The second-order valence-electron chi connectivity index (χ2n) is 1.60. The van der Waals surface area contributed by atoms with Gasteiger partial charge in [0.2, 0.25) is 0 Å². The van der Waals surface area contributed by atoms with Crippen LogP contribution >= 0.6 is 0 Å². The fraction of sp³-hybridized carbons (Fsp3) is 0.833. The third kappa shape index (κ3) is 14.1. The number of ether oxygens (including phenoxy) is 2. The summed E-state index contributed by atoms with van der Waals surface area (Å²) in [6.07, 6.45) is 1.61. The zero-order valence-corrected chi connectivity index (χ0v) is 9.96. The van der Waals surface area contributed by atoms with Crippen molar-refractivity contribution >= 4 is 6.29 Å². The Labute approximate surface area is 109 Å². The van der Waals surface area contributed by atoms with E-state index in [-0.39, 0.29) is 58.0 Å². The standard InChI is InChI=1S/C6H12NO3.K/c7-1-3-9-5-6-10-4-2-8;/h1,3-7H2;/q-1;+1. The Hall–Kier alpha value is 1.19. The van der Waals surface area contributed by atoms with Crippen molar-refractivity contribution in [1.82, 2.24) is 0 Å². The summed E-state index contributed by atoms with van der Waals surface area (Å²) < 4.78 is 9.69. The van der Waals surface area contributed by atoms with Gasteiger partial charge < -0.3 is 20.0 Å². The first-order valence-corrected chi connectivity index (χ1v) is 3.12. The van der Waals surface area contributed by atoms with Crippen LogP contribution in [0.15, 0.2) is 0 Å². The van der Waals surface area contributed by atoms with Crippen LogP contribution in [0.2, 0.25) is 0 Å². The largest absolute Gasteiger partial charge is 1.00 e. The molecule has 0 radical (unpaired) electrons. The van der Waals surface area contributed by atoms with Crippen LogP contribution in [0, 0.1) is 0 Å². The van der Waals surface area contributed by atoms with Gasteiger partial charge in [-0.25, -0.2) is 6.29 Å². The zero-order valence-electron chi connectivity index (χ0n) is 6.84. The summed E-state index contributed by atoms with van der Waals surface area (Å²) in [6.45, 7) is 1.98. The van der Waals surface area contributed by atoms with E-state index in [0.29, 0.717) is 26.4 Å². The minimum Gasteiger partial charge on any atom is -0.540 e. The van der Waals surface area contributed by atoms with E-state index >= 15 is 0 Å². The Balaban J connectivity index is 0. The summed E-state index contributed by atoms with van der Waals surface area (Å²) in [6, 6.07) is 0. The second kappa shape index (κ2) is 13.8. The predicted molar refractivity (Wildman–Crippen MR) is 36.4 cm³/mol. The Morgan fingerprint density at radius 3 is 2.36 bits per heavy atom. The first kappa shape index (κ1) is 14.7. The molecule has 60 valence electrons. The fourth-order valence-electron chi connectivity index (χ4n) is 0.417. The van der Waals surface area contributed by atoms with Gasteiger partial charge in [0.1, 0.15) is 0 Å². The number of hydrogen-bond acceptors (Lipinski definition) is 4. The maximum Gasteiger partial charge on any atom is 1.00 e. The van der Waals surface area contributed by atoms with Gasteiger partial charge in [-0.3, -0.25) is 0 Å². The molecular weight excluding hydrogens is 173 g/mol. The van der Waals surface area contributed by atoms with E-state index < -0.39 is 0 Å². The van der Waals surface area contributed by atoms with Crippen molar-refractivity contribution in [3.8, 4) is 0 Å².